The van der Waals surface area contributed by atoms with Crippen LogP contribution in [0.1, 0.15) is 35.5 Å². The summed E-state index contributed by atoms with van der Waals surface area (Å²) >= 11 is 0. The van der Waals surface area contributed by atoms with Crippen LogP contribution in [0.2, 0.25) is 0 Å². The van der Waals surface area contributed by atoms with Gasteiger partial charge >= 0.3 is 0 Å². The molecule has 1 aliphatic heterocycles. The van der Waals surface area contributed by atoms with Crippen molar-refractivity contribution in [3.8, 4) is 0 Å². The minimum absolute atomic E-state index is 0. The van der Waals surface area contributed by atoms with Crippen LogP contribution in [0.15, 0.2) is 24.7 Å². The van der Waals surface area contributed by atoms with Gasteiger partial charge in [0.1, 0.15) is 0 Å². The molecule has 0 spiro atoms. The number of aromatic nitrogens is 4. The first-order valence-corrected chi connectivity index (χ1v) is 10.7. The van der Waals surface area contributed by atoms with Crippen molar-refractivity contribution in [2.75, 3.05) is 11.4 Å². The molecule has 0 bridgehead atoms. The molecule has 2 atom stereocenters. The maximum Gasteiger partial charge on any atom is 0.214 e. The zero-order chi connectivity index (χ0) is 17.9. The summed E-state index contributed by atoms with van der Waals surface area (Å²) in [6.07, 6.45) is 8.81. The van der Waals surface area contributed by atoms with Crippen LogP contribution in [0, 0.1) is 0 Å². The second-order valence-electron chi connectivity index (χ2n) is 7.30. The number of hydrogen-bond acceptors (Lipinski definition) is 5. The first-order chi connectivity index (χ1) is 12.6. The molecular formula is C17H26N6O2S. The van der Waals surface area contributed by atoms with E-state index in [0.717, 1.165) is 48.3 Å². The van der Waals surface area contributed by atoms with Gasteiger partial charge in [-0.05, 0) is 31.7 Å². The Morgan fingerprint density at radius 3 is 2.92 bits per heavy atom. The first-order valence-electron chi connectivity index (χ1n) is 9.14. The molecule has 3 aromatic heterocycles. The third-order valence-electron chi connectivity index (χ3n) is 5.48. The third kappa shape index (κ3) is 2.49. The Labute approximate surface area is 154 Å². The van der Waals surface area contributed by atoms with Gasteiger partial charge in [-0.25, -0.2) is 23.1 Å². The second kappa shape index (κ2) is 5.68. The lowest BCUT2D eigenvalue weighted by molar-refractivity contribution is 0.550. The minimum Gasteiger partial charge on any atom is -0.345 e. The highest BCUT2D eigenvalue weighted by atomic mass is 32.2. The van der Waals surface area contributed by atoms with Crippen molar-refractivity contribution < 1.29 is 11.3 Å². The van der Waals surface area contributed by atoms with Gasteiger partial charge in [0.2, 0.25) is 16.0 Å². The zero-order valence-corrected chi connectivity index (χ0v) is 15.4. The predicted octanol–water partition coefficient (Wildman–Crippen LogP) is 2.14. The van der Waals surface area contributed by atoms with E-state index in [0.29, 0.717) is 6.54 Å². The molecule has 26 heavy (non-hydrogen) atoms. The molecule has 0 amide bonds. The quantitative estimate of drug-likeness (QED) is 0.709. The molecule has 3 aromatic rings. The number of aromatic amines is 1. The molecule has 2 N–H and O–H groups in total. The number of imidazole rings is 1. The lowest BCUT2D eigenvalue weighted by Gasteiger charge is -2.24. The number of anilines is 1. The maximum absolute atomic E-state index is 12.3. The van der Waals surface area contributed by atoms with Gasteiger partial charge in [-0.15, -0.1) is 0 Å². The lowest BCUT2D eigenvalue weighted by Crippen LogP contribution is -2.39. The van der Waals surface area contributed by atoms with Crippen molar-refractivity contribution in [1.29, 1.82) is 0 Å². The molecule has 2 aliphatic rings. The molecule has 0 unspecified atom stereocenters. The van der Waals surface area contributed by atoms with E-state index in [1.165, 1.54) is 0 Å². The molecule has 0 radical (unpaired) electrons. The smallest absolute Gasteiger partial charge is 0.214 e. The summed E-state index contributed by atoms with van der Waals surface area (Å²) in [5.74, 6) is 0.854. The standard InChI is InChI=1S/C17H22N6O2S.2H2/c1-2-12-7-11(21-26(24,25)14-3-4-14)10-22(12)17-20-9-13-8-19-16-15(23(13)17)5-6-18-16;;/h5-6,8-9,11-12,14,18,21H,2-4,7,10H2,1H3;2*1H/t11-,12+;;/m0../s1. The number of fused-ring (bicyclic) bond motifs is 3. The van der Waals surface area contributed by atoms with Gasteiger partial charge in [0.25, 0.3) is 0 Å². The van der Waals surface area contributed by atoms with Gasteiger partial charge in [-0.3, -0.25) is 4.40 Å². The highest BCUT2D eigenvalue weighted by Gasteiger charge is 2.40. The molecule has 9 heteroatoms. The minimum atomic E-state index is -3.18. The molecular weight excluding hydrogens is 352 g/mol. The van der Waals surface area contributed by atoms with Crippen LogP contribution in [0.25, 0.3) is 16.7 Å². The van der Waals surface area contributed by atoms with Gasteiger partial charge in [-0.1, -0.05) is 6.92 Å². The molecule has 1 saturated heterocycles. The summed E-state index contributed by atoms with van der Waals surface area (Å²) in [5.41, 5.74) is 2.73. The van der Waals surface area contributed by atoms with E-state index in [1.807, 2.05) is 18.5 Å². The fourth-order valence-corrected chi connectivity index (χ4v) is 5.59. The summed E-state index contributed by atoms with van der Waals surface area (Å²) < 4.78 is 29.7. The van der Waals surface area contributed by atoms with Crippen LogP contribution in [-0.4, -0.2) is 51.6 Å². The highest BCUT2D eigenvalue weighted by Crippen LogP contribution is 2.32. The monoisotopic (exact) mass is 378 g/mol. The van der Waals surface area contributed by atoms with Crippen molar-refractivity contribution in [2.45, 2.75) is 49.9 Å². The van der Waals surface area contributed by atoms with Crippen LogP contribution >= 0.6 is 0 Å². The van der Waals surface area contributed by atoms with E-state index in [9.17, 15) is 8.42 Å². The number of nitrogens with zero attached hydrogens (tertiary/aromatic N) is 4. The fourth-order valence-electron chi connectivity index (χ4n) is 4.00. The van der Waals surface area contributed by atoms with E-state index in [4.69, 9.17) is 0 Å². The first kappa shape index (κ1) is 16.1. The van der Waals surface area contributed by atoms with Crippen molar-refractivity contribution in [1.82, 2.24) is 24.1 Å². The number of rotatable bonds is 5. The van der Waals surface area contributed by atoms with Crippen LogP contribution in [0.5, 0.6) is 0 Å². The van der Waals surface area contributed by atoms with Crippen molar-refractivity contribution in [3.63, 3.8) is 0 Å². The summed E-state index contributed by atoms with van der Waals surface area (Å²) in [7, 11) is -3.18. The molecule has 1 saturated carbocycles. The number of sulfonamides is 1. The zero-order valence-electron chi connectivity index (χ0n) is 14.6. The van der Waals surface area contributed by atoms with Gasteiger partial charge in [0.05, 0.1) is 28.7 Å². The SMILES string of the molecule is CC[C@@H]1C[C@H](NS(=O)(=O)C2CC2)CN1c1ncc2cnc3[nH]ccc3n12.[HH].[HH]. The van der Waals surface area contributed by atoms with Crippen LogP contribution in [-0.2, 0) is 10.0 Å². The van der Waals surface area contributed by atoms with Crippen LogP contribution in [0.4, 0.5) is 5.95 Å². The Balaban J connectivity index is 0.00000112. The normalized spacial score (nSPS) is 24.1. The van der Waals surface area contributed by atoms with E-state index in [1.54, 1.807) is 6.20 Å². The van der Waals surface area contributed by atoms with Crippen molar-refractivity contribution >= 4 is 32.7 Å². The summed E-state index contributed by atoms with van der Waals surface area (Å²) in [6.45, 7) is 2.77. The molecule has 2 fully saturated rings. The Morgan fingerprint density at radius 1 is 1.35 bits per heavy atom. The molecule has 8 nitrogen and oxygen atoms in total. The number of H-pyrrole nitrogens is 1. The lowest BCUT2D eigenvalue weighted by atomic mass is 10.1. The highest BCUT2D eigenvalue weighted by molar-refractivity contribution is 7.90. The van der Waals surface area contributed by atoms with Crippen molar-refractivity contribution in [2.24, 2.45) is 0 Å². The average Bonchev–Trinajstić information content (AvgIpc) is 3.06. The van der Waals surface area contributed by atoms with E-state index in [-0.39, 0.29) is 20.2 Å². The van der Waals surface area contributed by atoms with Gasteiger partial charge in [-0.2, -0.15) is 0 Å². The van der Waals surface area contributed by atoms with Gasteiger partial charge in [0, 0.05) is 27.7 Å². The van der Waals surface area contributed by atoms with Crippen LogP contribution < -0.4 is 9.62 Å². The fraction of sp³-hybridized carbons (Fsp3) is 0.529. The van der Waals surface area contributed by atoms with E-state index < -0.39 is 10.0 Å². The Bertz CT molecular complexity index is 1080. The summed E-state index contributed by atoms with van der Waals surface area (Å²) in [4.78, 5) is 14.4. The molecule has 4 heterocycles. The molecule has 1 aliphatic carbocycles. The summed E-state index contributed by atoms with van der Waals surface area (Å²) in [5, 5.41) is -0.186. The van der Waals surface area contributed by atoms with Gasteiger partial charge < -0.3 is 9.88 Å². The van der Waals surface area contributed by atoms with E-state index >= 15 is 0 Å². The Morgan fingerprint density at radius 2 is 2.15 bits per heavy atom. The average molecular weight is 379 g/mol. The largest absolute Gasteiger partial charge is 0.345 e. The molecule has 142 valence electrons. The van der Waals surface area contributed by atoms with Crippen LogP contribution in [0.3, 0.4) is 0 Å². The van der Waals surface area contributed by atoms with Crippen molar-refractivity contribution in [3.05, 3.63) is 24.7 Å². The maximum atomic E-state index is 12.3. The Kier molecular flexibility index (Phi) is 3.51. The number of hydrogen-bond donors (Lipinski definition) is 2. The second-order valence-corrected chi connectivity index (χ2v) is 9.29. The Hall–Kier alpha value is -2.13. The topological polar surface area (TPSA) is 95.4 Å². The predicted molar refractivity (Wildman–Crippen MR) is 104 cm³/mol. The third-order valence-corrected chi connectivity index (χ3v) is 7.49. The molecule has 0 aromatic carbocycles. The van der Waals surface area contributed by atoms with Gasteiger partial charge in [0.15, 0.2) is 5.65 Å². The molecule has 5 rings (SSSR count). The number of nitrogens with one attached hydrogen (secondary N) is 2. The van der Waals surface area contributed by atoms with E-state index in [2.05, 4.69) is 35.9 Å². The summed E-state index contributed by atoms with van der Waals surface area (Å²) in [6, 6.07) is 2.18.